The van der Waals surface area contributed by atoms with Gasteiger partial charge in [-0.05, 0) is 18.6 Å². The number of rotatable bonds is 6. The number of piperazine rings is 1. The van der Waals surface area contributed by atoms with Crippen LogP contribution in [0.25, 0.3) is 0 Å². The van der Waals surface area contributed by atoms with Crippen molar-refractivity contribution in [3.63, 3.8) is 0 Å². The molecule has 0 unspecified atom stereocenters. The lowest BCUT2D eigenvalue weighted by atomic mass is 10.2. The van der Waals surface area contributed by atoms with Crippen molar-refractivity contribution in [3.05, 3.63) is 41.7 Å². The lowest BCUT2D eigenvalue weighted by Crippen LogP contribution is -2.51. The number of thiazole rings is 1. The van der Waals surface area contributed by atoms with Crippen molar-refractivity contribution in [2.24, 2.45) is 10.7 Å². The Balaban J connectivity index is 1.41. The fourth-order valence-electron chi connectivity index (χ4n) is 2.98. The van der Waals surface area contributed by atoms with Gasteiger partial charge in [0.15, 0.2) is 11.1 Å². The number of hydrogen-bond donors (Lipinski definition) is 1. The van der Waals surface area contributed by atoms with E-state index in [9.17, 15) is 4.39 Å². The van der Waals surface area contributed by atoms with Crippen LogP contribution in [0.4, 0.5) is 15.2 Å². The van der Waals surface area contributed by atoms with E-state index in [1.54, 1.807) is 23.5 Å². The maximum atomic E-state index is 13.8. The van der Waals surface area contributed by atoms with E-state index in [1.807, 2.05) is 29.6 Å². The van der Waals surface area contributed by atoms with Crippen molar-refractivity contribution in [1.82, 2.24) is 9.88 Å². The maximum absolute atomic E-state index is 13.8. The summed E-state index contributed by atoms with van der Waals surface area (Å²) in [6.07, 6.45) is 2.66. The van der Waals surface area contributed by atoms with Gasteiger partial charge in [-0.1, -0.05) is 12.1 Å². The quantitative estimate of drug-likeness (QED) is 0.476. The summed E-state index contributed by atoms with van der Waals surface area (Å²) in [5.41, 5.74) is 6.75. The van der Waals surface area contributed by atoms with Crippen LogP contribution in [0.2, 0.25) is 0 Å². The zero-order valence-corrected chi connectivity index (χ0v) is 15.8. The monoisotopic (exact) mass is 376 g/mol. The second-order valence-electron chi connectivity index (χ2n) is 6.26. The molecule has 1 aliphatic rings. The van der Waals surface area contributed by atoms with Crippen LogP contribution in [0.3, 0.4) is 0 Å². The molecule has 0 saturated carbocycles. The van der Waals surface area contributed by atoms with Crippen LogP contribution in [-0.4, -0.2) is 62.2 Å². The molecule has 2 N–H and O–H groups in total. The number of nitrogens with two attached hydrogens (primary N) is 1. The molecule has 1 aliphatic heterocycles. The van der Waals surface area contributed by atoms with Gasteiger partial charge in [-0.15, -0.1) is 11.3 Å². The molecule has 2 heterocycles. The van der Waals surface area contributed by atoms with Crippen molar-refractivity contribution in [3.8, 4) is 0 Å². The summed E-state index contributed by atoms with van der Waals surface area (Å²) in [4.78, 5) is 15.1. The van der Waals surface area contributed by atoms with Gasteiger partial charge in [-0.2, -0.15) is 0 Å². The summed E-state index contributed by atoms with van der Waals surface area (Å²) in [6.45, 7) is 4.88. The average molecular weight is 377 g/mol. The van der Waals surface area contributed by atoms with Gasteiger partial charge < -0.3 is 20.4 Å². The van der Waals surface area contributed by atoms with Gasteiger partial charge in [0.25, 0.3) is 0 Å². The lowest BCUT2D eigenvalue weighted by Gasteiger charge is -2.35. The van der Waals surface area contributed by atoms with Crippen molar-refractivity contribution >= 4 is 28.1 Å². The van der Waals surface area contributed by atoms with Gasteiger partial charge in [-0.3, -0.25) is 4.99 Å². The Kier molecular flexibility index (Phi) is 6.27. The van der Waals surface area contributed by atoms with Crippen LogP contribution in [0, 0.1) is 5.82 Å². The maximum Gasteiger partial charge on any atom is 0.191 e. The van der Waals surface area contributed by atoms with Gasteiger partial charge >= 0.3 is 0 Å². The Labute approximate surface area is 157 Å². The van der Waals surface area contributed by atoms with Crippen molar-refractivity contribution < 1.29 is 4.39 Å². The third kappa shape index (κ3) is 4.63. The highest BCUT2D eigenvalue weighted by atomic mass is 32.1. The number of aliphatic imine (C=N–C) groups is 1. The topological polar surface area (TPSA) is 61.0 Å². The van der Waals surface area contributed by atoms with Crippen LogP contribution in [0.15, 0.2) is 40.8 Å². The van der Waals surface area contributed by atoms with Gasteiger partial charge in [0.05, 0.1) is 5.69 Å². The van der Waals surface area contributed by atoms with E-state index >= 15 is 0 Å². The molecule has 1 aromatic carbocycles. The number of aromatic nitrogens is 1. The van der Waals surface area contributed by atoms with E-state index in [0.717, 1.165) is 44.3 Å². The number of nitrogens with zero attached hydrogens (tertiary/aromatic N) is 5. The molecule has 0 aliphatic carbocycles. The third-order valence-corrected chi connectivity index (χ3v) is 5.31. The predicted molar refractivity (Wildman–Crippen MR) is 107 cm³/mol. The highest BCUT2D eigenvalue weighted by molar-refractivity contribution is 7.13. The fourth-order valence-corrected chi connectivity index (χ4v) is 3.68. The number of halogens is 1. The smallest absolute Gasteiger partial charge is 0.191 e. The predicted octanol–water partition coefficient (Wildman–Crippen LogP) is 2.25. The van der Waals surface area contributed by atoms with Gasteiger partial charge in [0.2, 0.25) is 0 Å². The molecule has 140 valence electrons. The fraction of sp³-hybridized carbons (Fsp3) is 0.444. The Hall–Kier alpha value is -2.35. The molecule has 1 saturated heterocycles. The molecule has 2 aromatic rings. The van der Waals surface area contributed by atoms with E-state index in [0.29, 0.717) is 18.2 Å². The summed E-state index contributed by atoms with van der Waals surface area (Å²) in [7, 11) is 1.89. The first-order valence-electron chi connectivity index (χ1n) is 8.80. The first kappa shape index (κ1) is 18.4. The van der Waals surface area contributed by atoms with Gasteiger partial charge in [0.1, 0.15) is 5.82 Å². The van der Waals surface area contributed by atoms with Crippen LogP contribution in [0.1, 0.15) is 6.42 Å². The SMILES string of the molecule is CN(CCCN=C(N)N1CCN(c2nccs2)CC1)c1ccccc1F. The molecule has 6 nitrogen and oxygen atoms in total. The molecule has 3 rings (SSSR count). The van der Waals surface area contributed by atoms with E-state index < -0.39 is 0 Å². The Bertz CT molecular complexity index is 712. The minimum Gasteiger partial charge on any atom is -0.372 e. The van der Waals surface area contributed by atoms with Crippen LogP contribution >= 0.6 is 11.3 Å². The zero-order chi connectivity index (χ0) is 18.4. The Morgan fingerprint density at radius 3 is 2.77 bits per heavy atom. The third-order valence-electron chi connectivity index (χ3n) is 4.48. The van der Waals surface area contributed by atoms with Crippen molar-refractivity contribution in [1.29, 1.82) is 0 Å². The molecule has 0 atom stereocenters. The number of benzene rings is 1. The van der Waals surface area contributed by atoms with E-state index in [1.165, 1.54) is 6.07 Å². The van der Waals surface area contributed by atoms with Crippen LogP contribution in [-0.2, 0) is 0 Å². The largest absolute Gasteiger partial charge is 0.372 e. The molecule has 0 radical (unpaired) electrons. The summed E-state index contributed by atoms with van der Waals surface area (Å²) in [5, 5.41) is 3.06. The first-order valence-corrected chi connectivity index (χ1v) is 9.68. The summed E-state index contributed by atoms with van der Waals surface area (Å²) in [5.74, 6) is 0.397. The molecular weight excluding hydrogens is 351 g/mol. The summed E-state index contributed by atoms with van der Waals surface area (Å²) < 4.78 is 13.8. The van der Waals surface area contributed by atoms with E-state index in [4.69, 9.17) is 5.73 Å². The standard InChI is InChI=1S/C18H25FN6S/c1-23(16-6-3-2-5-15(16)19)9-4-7-21-17(20)24-10-12-25(13-11-24)18-22-8-14-26-18/h2-3,5-6,8,14H,4,7,9-13H2,1H3,(H2,20,21). The second-order valence-corrected chi connectivity index (χ2v) is 7.13. The minimum atomic E-state index is -0.198. The molecule has 1 fully saturated rings. The Morgan fingerprint density at radius 1 is 1.31 bits per heavy atom. The average Bonchev–Trinajstić information content (AvgIpc) is 3.20. The molecule has 1 aromatic heterocycles. The second kappa shape index (κ2) is 8.84. The van der Waals surface area contributed by atoms with Gasteiger partial charge in [-0.25, -0.2) is 9.37 Å². The molecule has 0 bridgehead atoms. The number of anilines is 2. The number of guanidine groups is 1. The Morgan fingerprint density at radius 2 is 2.08 bits per heavy atom. The molecule has 0 spiro atoms. The first-order chi connectivity index (χ1) is 12.6. The molecule has 26 heavy (non-hydrogen) atoms. The lowest BCUT2D eigenvalue weighted by molar-refractivity contribution is 0.380. The summed E-state index contributed by atoms with van der Waals surface area (Å²) >= 11 is 1.66. The molecular formula is C18H25FN6S. The van der Waals surface area contributed by atoms with Crippen LogP contribution in [0.5, 0.6) is 0 Å². The van der Waals surface area contributed by atoms with E-state index in [2.05, 4.69) is 19.8 Å². The van der Waals surface area contributed by atoms with E-state index in [-0.39, 0.29) is 5.82 Å². The van der Waals surface area contributed by atoms with Gasteiger partial charge in [0, 0.05) is 57.9 Å². The normalized spacial score (nSPS) is 15.4. The highest BCUT2D eigenvalue weighted by Crippen LogP contribution is 2.19. The minimum absolute atomic E-state index is 0.198. The van der Waals surface area contributed by atoms with Crippen LogP contribution < -0.4 is 15.5 Å². The number of para-hydroxylation sites is 1. The van der Waals surface area contributed by atoms with Crippen molar-refractivity contribution in [2.75, 3.05) is 56.1 Å². The number of hydrogen-bond acceptors (Lipinski definition) is 5. The van der Waals surface area contributed by atoms with Crippen molar-refractivity contribution in [2.45, 2.75) is 6.42 Å². The summed E-state index contributed by atoms with van der Waals surface area (Å²) in [6, 6.07) is 6.81. The highest BCUT2D eigenvalue weighted by Gasteiger charge is 2.19. The molecule has 0 amide bonds. The zero-order valence-electron chi connectivity index (χ0n) is 15.0. The molecule has 8 heteroatoms.